The van der Waals surface area contributed by atoms with Crippen LogP contribution in [0.15, 0.2) is 27.5 Å². The third-order valence-electron chi connectivity index (χ3n) is 2.61. The molecule has 0 bridgehead atoms. The lowest BCUT2D eigenvalue weighted by atomic mass is 10.2. The number of halogens is 1. The van der Waals surface area contributed by atoms with E-state index < -0.39 is 18.1 Å². The largest absolute Gasteiger partial charge is 0.480 e. The average molecular weight is 326 g/mol. The normalized spacial score (nSPS) is 10.7. The second kappa shape index (κ2) is 5.00. The molecule has 0 amide bonds. The number of hydrogen-bond donors (Lipinski definition) is 1. The first-order chi connectivity index (χ1) is 8.90. The Labute approximate surface area is 117 Å². The van der Waals surface area contributed by atoms with E-state index in [1.165, 1.54) is 0 Å². The molecule has 0 saturated carbocycles. The van der Waals surface area contributed by atoms with Gasteiger partial charge in [-0.1, -0.05) is 15.9 Å². The van der Waals surface area contributed by atoms with Gasteiger partial charge in [-0.05, 0) is 18.2 Å². The molecule has 0 atom stereocenters. The molecule has 0 unspecified atom stereocenters. The molecule has 0 radical (unpaired) electrons. The van der Waals surface area contributed by atoms with E-state index in [1.54, 1.807) is 37.2 Å². The molecule has 7 heteroatoms. The fourth-order valence-electron chi connectivity index (χ4n) is 1.81. The molecule has 0 aliphatic carbocycles. The van der Waals surface area contributed by atoms with Gasteiger partial charge in [-0.25, -0.2) is 4.68 Å². The Bertz CT molecular complexity index is 709. The summed E-state index contributed by atoms with van der Waals surface area (Å²) in [4.78, 5) is 24.7. The Kier molecular flexibility index (Phi) is 3.57. The van der Waals surface area contributed by atoms with Crippen LogP contribution < -0.4 is 10.5 Å². The van der Waals surface area contributed by atoms with E-state index >= 15 is 0 Å². The van der Waals surface area contributed by atoms with Crippen molar-refractivity contribution in [3.63, 3.8) is 0 Å². The van der Waals surface area contributed by atoms with E-state index in [1.807, 2.05) is 0 Å². The molecule has 0 aliphatic rings. The van der Waals surface area contributed by atoms with Gasteiger partial charge in [-0.15, -0.1) is 0 Å². The Morgan fingerprint density at radius 3 is 2.68 bits per heavy atom. The third-order valence-corrected chi connectivity index (χ3v) is 3.10. The number of aliphatic carboxylic acids is 1. The number of carboxylic acid groups (broad SMARTS) is 1. The first-order valence-electron chi connectivity index (χ1n) is 5.49. The van der Waals surface area contributed by atoms with Crippen molar-refractivity contribution in [3.8, 4) is 0 Å². The fourth-order valence-corrected chi connectivity index (χ4v) is 2.17. The molecule has 0 spiro atoms. The number of nitrogens with zero attached hydrogens (tertiary/aromatic N) is 3. The highest BCUT2D eigenvalue weighted by Crippen LogP contribution is 2.24. The highest BCUT2D eigenvalue weighted by atomic mass is 79.9. The summed E-state index contributed by atoms with van der Waals surface area (Å²) < 4.78 is 1.80. The van der Waals surface area contributed by atoms with Gasteiger partial charge in [0.15, 0.2) is 5.82 Å². The molecular formula is C12H12BrN3O3. The maximum atomic E-state index is 12.2. The Hall–Kier alpha value is -1.89. The molecule has 1 heterocycles. The van der Waals surface area contributed by atoms with Crippen molar-refractivity contribution in [2.24, 2.45) is 0 Å². The lowest BCUT2D eigenvalue weighted by Gasteiger charge is -2.16. The maximum Gasteiger partial charge on any atom is 0.325 e. The van der Waals surface area contributed by atoms with Gasteiger partial charge in [-0.2, -0.15) is 5.10 Å². The lowest BCUT2D eigenvalue weighted by molar-refractivity contribution is -0.137. The monoisotopic (exact) mass is 325 g/mol. The summed E-state index contributed by atoms with van der Waals surface area (Å²) in [7, 11) is 3.58. The molecule has 0 saturated heterocycles. The molecule has 1 aromatic carbocycles. The minimum absolute atomic E-state index is 0.407. The number of carbonyl (C=O) groups is 1. The average Bonchev–Trinajstić information content (AvgIpc) is 2.31. The van der Waals surface area contributed by atoms with E-state index in [0.29, 0.717) is 16.6 Å². The molecule has 6 nitrogen and oxygen atoms in total. The van der Waals surface area contributed by atoms with Gasteiger partial charge in [0.1, 0.15) is 6.54 Å². The Morgan fingerprint density at radius 2 is 2.11 bits per heavy atom. The van der Waals surface area contributed by atoms with Crippen molar-refractivity contribution in [1.82, 2.24) is 9.78 Å². The van der Waals surface area contributed by atoms with Crippen molar-refractivity contribution in [2.75, 3.05) is 19.0 Å². The van der Waals surface area contributed by atoms with E-state index in [0.717, 1.165) is 9.15 Å². The van der Waals surface area contributed by atoms with E-state index in [2.05, 4.69) is 21.0 Å². The van der Waals surface area contributed by atoms with Gasteiger partial charge in [0, 0.05) is 24.0 Å². The number of hydrogen-bond acceptors (Lipinski definition) is 4. The fraction of sp³-hybridized carbons (Fsp3) is 0.250. The molecule has 19 heavy (non-hydrogen) atoms. The molecule has 1 aromatic heterocycles. The summed E-state index contributed by atoms with van der Waals surface area (Å²) in [6.45, 7) is -0.453. The molecule has 0 fully saturated rings. The highest BCUT2D eigenvalue weighted by molar-refractivity contribution is 9.10. The second-order valence-corrected chi connectivity index (χ2v) is 5.18. The minimum Gasteiger partial charge on any atom is -0.480 e. The predicted octanol–water partition coefficient (Wildman–Crippen LogP) is 1.31. The van der Waals surface area contributed by atoms with Crippen molar-refractivity contribution < 1.29 is 9.90 Å². The zero-order chi connectivity index (χ0) is 14.2. The molecular weight excluding hydrogens is 314 g/mol. The van der Waals surface area contributed by atoms with E-state index in [-0.39, 0.29) is 0 Å². The zero-order valence-electron chi connectivity index (χ0n) is 10.4. The number of anilines is 1. The summed E-state index contributed by atoms with van der Waals surface area (Å²) in [6, 6.07) is 5.20. The quantitative estimate of drug-likeness (QED) is 0.920. The van der Waals surface area contributed by atoms with Crippen LogP contribution >= 0.6 is 15.9 Å². The predicted molar refractivity (Wildman–Crippen MR) is 75.7 cm³/mol. The van der Waals surface area contributed by atoms with Crippen molar-refractivity contribution in [1.29, 1.82) is 0 Å². The summed E-state index contributed by atoms with van der Waals surface area (Å²) in [5.41, 5.74) is -0.407. The van der Waals surface area contributed by atoms with Gasteiger partial charge in [-0.3, -0.25) is 9.59 Å². The molecule has 2 aromatic rings. The zero-order valence-corrected chi connectivity index (χ0v) is 12.0. The van der Waals surface area contributed by atoms with Crippen LogP contribution in [0.2, 0.25) is 0 Å². The van der Waals surface area contributed by atoms with Crippen LogP contribution in [-0.4, -0.2) is 35.0 Å². The Balaban J connectivity index is 2.82. The number of aromatic nitrogens is 2. The van der Waals surface area contributed by atoms with E-state index in [4.69, 9.17) is 5.11 Å². The van der Waals surface area contributed by atoms with Gasteiger partial charge >= 0.3 is 5.97 Å². The standard InChI is InChI=1S/C12H12BrN3O3/c1-15(2)11-9-5-7(13)3-4-8(9)12(19)16(14-11)6-10(17)18/h3-5H,6H2,1-2H3,(H,17,18). The maximum absolute atomic E-state index is 12.2. The molecule has 1 N–H and O–H groups in total. The highest BCUT2D eigenvalue weighted by Gasteiger charge is 2.13. The van der Waals surface area contributed by atoms with E-state index in [9.17, 15) is 9.59 Å². The first-order valence-corrected chi connectivity index (χ1v) is 6.29. The number of benzene rings is 1. The lowest BCUT2D eigenvalue weighted by Crippen LogP contribution is -2.29. The van der Waals surface area contributed by atoms with Crippen LogP contribution in [0.5, 0.6) is 0 Å². The topological polar surface area (TPSA) is 75.4 Å². The van der Waals surface area contributed by atoms with Crippen LogP contribution in [0.25, 0.3) is 10.8 Å². The van der Waals surface area contributed by atoms with Gasteiger partial charge in [0.05, 0.1) is 5.39 Å². The molecule has 0 aliphatic heterocycles. The first kappa shape index (κ1) is 13.5. The summed E-state index contributed by atoms with van der Waals surface area (Å²) in [6.07, 6.45) is 0. The van der Waals surface area contributed by atoms with Crippen LogP contribution in [-0.2, 0) is 11.3 Å². The van der Waals surface area contributed by atoms with Crippen molar-refractivity contribution >= 4 is 38.5 Å². The van der Waals surface area contributed by atoms with Crippen LogP contribution in [0.4, 0.5) is 5.82 Å². The van der Waals surface area contributed by atoms with Crippen LogP contribution in [0.3, 0.4) is 0 Å². The Morgan fingerprint density at radius 1 is 1.42 bits per heavy atom. The number of fused-ring (bicyclic) bond motifs is 1. The summed E-state index contributed by atoms with van der Waals surface area (Å²) in [5, 5.41) is 14.1. The molecule has 100 valence electrons. The number of rotatable bonds is 3. The summed E-state index contributed by atoms with van der Waals surface area (Å²) >= 11 is 3.35. The minimum atomic E-state index is -1.10. The van der Waals surface area contributed by atoms with Crippen LogP contribution in [0, 0.1) is 0 Å². The second-order valence-electron chi connectivity index (χ2n) is 4.26. The van der Waals surface area contributed by atoms with Crippen molar-refractivity contribution in [2.45, 2.75) is 6.54 Å². The number of carboxylic acids is 1. The van der Waals surface area contributed by atoms with Crippen molar-refractivity contribution in [3.05, 3.63) is 33.0 Å². The van der Waals surface area contributed by atoms with Crippen LogP contribution in [0.1, 0.15) is 0 Å². The van der Waals surface area contributed by atoms with Gasteiger partial charge in [0.2, 0.25) is 0 Å². The summed E-state index contributed by atoms with van der Waals surface area (Å²) in [5.74, 6) is -0.548. The molecule has 2 rings (SSSR count). The smallest absolute Gasteiger partial charge is 0.325 e. The SMILES string of the molecule is CN(C)c1nn(CC(=O)O)c(=O)c2ccc(Br)cc12. The van der Waals surface area contributed by atoms with Gasteiger partial charge in [0.25, 0.3) is 5.56 Å². The third kappa shape index (κ3) is 2.60. The van der Waals surface area contributed by atoms with Gasteiger partial charge < -0.3 is 10.0 Å².